The first-order valence-electron chi connectivity index (χ1n) is 6.58. The van der Waals surface area contributed by atoms with Gasteiger partial charge in [0.05, 0.1) is 5.56 Å². The second-order valence-corrected chi connectivity index (χ2v) is 5.05. The molecule has 106 valence electrons. The Morgan fingerprint density at radius 3 is 2.95 bits per heavy atom. The molecule has 0 atom stereocenters. The van der Waals surface area contributed by atoms with Crippen molar-refractivity contribution in [3.8, 4) is 11.8 Å². The van der Waals surface area contributed by atoms with Crippen LogP contribution in [-0.2, 0) is 4.74 Å². The van der Waals surface area contributed by atoms with Crippen molar-refractivity contribution in [1.29, 1.82) is 0 Å². The number of rotatable bonds is 2. The van der Waals surface area contributed by atoms with Crippen LogP contribution >= 0.6 is 0 Å². The van der Waals surface area contributed by atoms with Crippen molar-refractivity contribution in [2.75, 3.05) is 19.8 Å². The van der Waals surface area contributed by atoms with Gasteiger partial charge in [0.25, 0.3) is 5.91 Å². The Morgan fingerprint density at radius 2 is 2.25 bits per heavy atom. The lowest BCUT2D eigenvalue weighted by atomic mass is 9.92. The Kier molecular flexibility index (Phi) is 4.72. The van der Waals surface area contributed by atoms with Crippen LogP contribution in [0.25, 0.3) is 0 Å². The summed E-state index contributed by atoms with van der Waals surface area (Å²) in [6.45, 7) is 3.14. The Balaban J connectivity index is 2.08. The van der Waals surface area contributed by atoms with E-state index < -0.39 is 0 Å². The molecule has 1 saturated heterocycles. The maximum absolute atomic E-state index is 12.3. The van der Waals surface area contributed by atoms with Crippen molar-refractivity contribution in [2.24, 2.45) is 0 Å². The molecule has 1 aromatic rings. The van der Waals surface area contributed by atoms with E-state index in [9.17, 15) is 4.79 Å². The molecule has 5 nitrogen and oxygen atoms in total. The molecule has 0 aliphatic carbocycles. The number of aliphatic hydroxyl groups excluding tert-OH is 1. The monoisotopic (exact) mass is 274 g/mol. The highest BCUT2D eigenvalue weighted by Gasteiger charge is 2.29. The Bertz CT molecular complexity index is 540. The molecule has 1 aliphatic heterocycles. The molecule has 0 aromatic carbocycles. The first kappa shape index (κ1) is 14.5. The van der Waals surface area contributed by atoms with Gasteiger partial charge in [-0.25, -0.2) is 0 Å². The molecule has 1 fully saturated rings. The zero-order valence-corrected chi connectivity index (χ0v) is 11.5. The predicted molar refractivity (Wildman–Crippen MR) is 74.1 cm³/mol. The summed E-state index contributed by atoms with van der Waals surface area (Å²) in [4.78, 5) is 16.3. The second-order valence-electron chi connectivity index (χ2n) is 5.05. The summed E-state index contributed by atoms with van der Waals surface area (Å²) in [6, 6.07) is 1.67. The van der Waals surface area contributed by atoms with Crippen LogP contribution in [0.3, 0.4) is 0 Å². The Hall–Kier alpha value is -1.90. The van der Waals surface area contributed by atoms with Gasteiger partial charge in [-0.1, -0.05) is 11.8 Å². The number of hydrogen-bond acceptors (Lipinski definition) is 4. The van der Waals surface area contributed by atoms with Gasteiger partial charge in [-0.15, -0.1) is 0 Å². The molecule has 20 heavy (non-hydrogen) atoms. The van der Waals surface area contributed by atoms with Gasteiger partial charge in [-0.05, 0) is 25.8 Å². The standard InChI is InChI=1S/C15H18N2O3/c1-15(4-7-20-8-5-15)17-14(19)13-9-12(3-2-6-18)10-16-11-13/h9-11,18H,4-8H2,1H3,(H,17,19). The van der Waals surface area contributed by atoms with Gasteiger partial charge >= 0.3 is 0 Å². The third-order valence-electron chi connectivity index (χ3n) is 3.32. The lowest BCUT2D eigenvalue weighted by Gasteiger charge is -2.34. The Morgan fingerprint density at radius 1 is 1.50 bits per heavy atom. The molecular weight excluding hydrogens is 256 g/mol. The smallest absolute Gasteiger partial charge is 0.253 e. The first-order chi connectivity index (χ1) is 9.63. The Labute approximate surface area is 118 Å². The van der Waals surface area contributed by atoms with Crippen molar-refractivity contribution < 1.29 is 14.6 Å². The zero-order chi connectivity index (χ0) is 14.4. The number of ether oxygens (including phenoxy) is 1. The second kappa shape index (κ2) is 6.51. The van der Waals surface area contributed by atoms with E-state index in [1.807, 2.05) is 6.92 Å². The number of aromatic nitrogens is 1. The average molecular weight is 274 g/mol. The quantitative estimate of drug-likeness (QED) is 0.780. The van der Waals surface area contributed by atoms with Gasteiger partial charge in [0.15, 0.2) is 0 Å². The number of pyridine rings is 1. The van der Waals surface area contributed by atoms with E-state index in [1.165, 1.54) is 6.20 Å². The summed E-state index contributed by atoms with van der Waals surface area (Å²) in [5, 5.41) is 11.7. The fraction of sp³-hybridized carbons (Fsp3) is 0.467. The molecule has 1 aliphatic rings. The van der Waals surface area contributed by atoms with Crippen molar-refractivity contribution in [1.82, 2.24) is 10.3 Å². The summed E-state index contributed by atoms with van der Waals surface area (Å²) >= 11 is 0. The molecule has 0 saturated carbocycles. The van der Waals surface area contributed by atoms with Crippen LogP contribution in [0.5, 0.6) is 0 Å². The van der Waals surface area contributed by atoms with Crippen LogP contribution in [0.1, 0.15) is 35.7 Å². The highest BCUT2D eigenvalue weighted by atomic mass is 16.5. The topological polar surface area (TPSA) is 71.5 Å². The van der Waals surface area contributed by atoms with E-state index in [4.69, 9.17) is 9.84 Å². The minimum Gasteiger partial charge on any atom is -0.384 e. The number of carbonyl (C=O) groups is 1. The number of carbonyl (C=O) groups excluding carboxylic acids is 1. The van der Waals surface area contributed by atoms with Gasteiger partial charge in [-0.2, -0.15) is 0 Å². The number of amides is 1. The van der Waals surface area contributed by atoms with E-state index in [2.05, 4.69) is 22.1 Å². The van der Waals surface area contributed by atoms with Crippen LogP contribution in [0.15, 0.2) is 18.5 Å². The van der Waals surface area contributed by atoms with E-state index in [1.54, 1.807) is 12.3 Å². The molecule has 5 heteroatoms. The van der Waals surface area contributed by atoms with Crippen molar-refractivity contribution >= 4 is 5.91 Å². The van der Waals surface area contributed by atoms with Crippen LogP contribution in [0.4, 0.5) is 0 Å². The molecule has 0 radical (unpaired) electrons. The fourth-order valence-corrected chi connectivity index (χ4v) is 2.07. The molecular formula is C15H18N2O3. The highest BCUT2D eigenvalue weighted by molar-refractivity contribution is 5.94. The van der Waals surface area contributed by atoms with Crippen LogP contribution < -0.4 is 5.32 Å². The van der Waals surface area contributed by atoms with Gasteiger partial charge in [0.1, 0.15) is 6.61 Å². The van der Waals surface area contributed by atoms with Crippen molar-refractivity contribution in [2.45, 2.75) is 25.3 Å². The van der Waals surface area contributed by atoms with Crippen LogP contribution in [0.2, 0.25) is 0 Å². The number of aliphatic hydroxyl groups is 1. The molecule has 2 heterocycles. The van der Waals surface area contributed by atoms with Gasteiger partial charge < -0.3 is 15.2 Å². The minimum absolute atomic E-state index is 0.158. The summed E-state index contributed by atoms with van der Waals surface area (Å²) in [6.07, 6.45) is 4.68. The minimum atomic E-state index is -0.234. The molecule has 0 unspecified atom stereocenters. The lowest BCUT2D eigenvalue weighted by molar-refractivity contribution is 0.0422. The van der Waals surface area contributed by atoms with E-state index in [0.717, 1.165) is 12.8 Å². The van der Waals surface area contributed by atoms with Crippen LogP contribution in [-0.4, -0.2) is 41.4 Å². The van der Waals surface area contributed by atoms with Gasteiger partial charge in [-0.3, -0.25) is 9.78 Å². The maximum Gasteiger partial charge on any atom is 0.253 e. The highest BCUT2D eigenvalue weighted by Crippen LogP contribution is 2.20. The summed E-state index contributed by atoms with van der Waals surface area (Å²) < 4.78 is 5.31. The predicted octanol–water partition coefficient (Wildman–Crippen LogP) is 0.724. The van der Waals surface area contributed by atoms with Crippen molar-refractivity contribution in [3.63, 3.8) is 0 Å². The van der Waals surface area contributed by atoms with Gasteiger partial charge in [0, 0.05) is 36.7 Å². The fourth-order valence-electron chi connectivity index (χ4n) is 2.07. The summed E-state index contributed by atoms with van der Waals surface area (Å²) in [5.74, 6) is 5.12. The summed E-state index contributed by atoms with van der Waals surface area (Å²) in [5.41, 5.74) is 0.855. The SMILES string of the molecule is CC1(NC(=O)c2cncc(C#CCO)c2)CCOCC1. The molecule has 2 N–H and O–H groups in total. The van der Waals surface area contributed by atoms with E-state index >= 15 is 0 Å². The lowest BCUT2D eigenvalue weighted by Crippen LogP contribution is -2.49. The number of hydrogen-bond donors (Lipinski definition) is 2. The van der Waals surface area contributed by atoms with Crippen LogP contribution in [0, 0.1) is 11.8 Å². The largest absolute Gasteiger partial charge is 0.384 e. The number of nitrogens with one attached hydrogen (secondary N) is 1. The molecule has 2 rings (SSSR count). The van der Waals surface area contributed by atoms with Gasteiger partial charge in [0.2, 0.25) is 0 Å². The van der Waals surface area contributed by atoms with E-state index in [0.29, 0.717) is 24.3 Å². The molecule has 1 amide bonds. The third kappa shape index (κ3) is 3.80. The molecule has 1 aromatic heterocycles. The molecule has 0 spiro atoms. The first-order valence-corrected chi connectivity index (χ1v) is 6.58. The summed E-state index contributed by atoms with van der Waals surface area (Å²) in [7, 11) is 0. The normalized spacial score (nSPS) is 16.9. The average Bonchev–Trinajstić information content (AvgIpc) is 2.45. The third-order valence-corrected chi connectivity index (χ3v) is 3.32. The van der Waals surface area contributed by atoms with Crippen molar-refractivity contribution in [3.05, 3.63) is 29.6 Å². The molecule has 0 bridgehead atoms. The number of nitrogens with zero attached hydrogens (tertiary/aromatic N) is 1. The zero-order valence-electron chi connectivity index (χ0n) is 11.5. The maximum atomic E-state index is 12.3. The van der Waals surface area contributed by atoms with E-state index in [-0.39, 0.29) is 18.1 Å².